The summed E-state index contributed by atoms with van der Waals surface area (Å²) in [5.74, 6) is -0.0714. The van der Waals surface area contributed by atoms with Gasteiger partial charge in [0, 0.05) is 16.1 Å². The third kappa shape index (κ3) is 5.26. The monoisotopic (exact) mass is 425 g/mol. The van der Waals surface area contributed by atoms with E-state index in [1.54, 1.807) is 42.5 Å². The highest BCUT2D eigenvalue weighted by atomic mass is 35.5. The van der Waals surface area contributed by atoms with E-state index in [2.05, 4.69) is 19.2 Å². The number of benzene rings is 3. The molecule has 148 valence electrons. The van der Waals surface area contributed by atoms with Crippen LogP contribution < -0.4 is 5.32 Å². The lowest BCUT2D eigenvalue weighted by atomic mass is 10.00. The average Bonchev–Trinajstić information content (AvgIpc) is 2.69. The number of amides is 1. The maximum Gasteiger partial charge on any atom is 0.228 e. The molecule has 0 atom stereocenters. The van der Waals surface area contributed by atoms with Crippen LogP contribution in [-0.4, -0.2) is 11.7 Å². The maximum atomic E-state index is 13.0. The first-order valence-electron chi connectivity index (χ1n) is 9.32. The lowest BCUT2D eigenvalue weighted by molar-refractivity contribution is -0.115. The topological polar surface area (TPSA) is 46.2 Å². The van der Waals surface area contributed by atoms with Gasteiger partial charge in [0.25, 0.3) is 0 Å². The van der Waals surface area contributed by atoms with E-state index in [9.17, 15) is 9.59 Å². The van der Waals surface area contributed by atoms with E-state index in [4.69, 9.17) is 23.2 Å². The normalized spacial score (nSPS) is 10.8. The summed E-state index contributed by atoms with van der Waals surface area (Å²) in [5, 5.41) is 3.58. The highest BCUT2D eigenvalue weighted by molar-refractivity contribution is 6.36. The molecule has 3 rings (SSSR count). The molecule has 0 fully saturated rings. The molecule has 0 heterocycles. The molecule has 0 radical (unpaired) electrons. The van der Waals surface area contributed by atoms with Gasteiger partial charge in [-0.1, -0.05) is 73.4 Å². The van der Waals surface area contributed by atoms with Gasteiger partial charge < -0.3 is 5.32 Å². The zero-order valence-corrected chi connectivity index (χ0v) is 17.7. The Morgan fingerprint density at radius 1 is 0.897 bits per heavy atom. The Balaban J connectivity index is 1.81. The number of ketones is 1. The Hall–Kier alpha value is -2.62. The van der Waals surface area contributed by atoms with Crippen molar-refractivity contribution in [2.24, 2.45) is 0 Å². The largest absolute Gasteiger partial charge is 0.325 e. The number of carbonyl (C=O) groups is 2. The predicted octanol–water partition coefficient (Wildman–Crippen LogP) is 6.53. The van der Waals surface area contributed by atoms with Crippen molar-refractivity contribution in [2.45, 2.75) is 26.2 Å². The first kappa shape index (κ1) is 21.1. The summed E-state index contributed by atoms with van der Waals surface area (Å²) in [6.07, 6.45) is 0.209. The number of nitrogens with one attached hydrogen (secondary N) is 1. The summed E-state index contributed by atoms with van der Waals surface area (Å²) in [7, 11) is 0. The van der Waals surface area contributed by atoms with Crippen molar-refractivity contribution in [1.29, 1.82) is 0 Å². The van der Waals surface area contributed by atoms with Gasteiger partial charge in [0.05, 0.1) is 17.1 Å². The molecule has 0 aliphatic heterocycles. The molecular formula is C24H21Cl2NO2. The molecule has 1 N–H and O–H groups in total. The molecule has 3 aromatic rings. The maximum absolute atomic E-state index is 13.0. The first-order valence-corrected chi connectivity index (χ1v) is 10.1. The number of hydrogen-bond donors (Lipinski definition) is 1. The summed E-state index contributed by atoms with van der Waals surface area (Å²) in [5.41, 5.74) is 3.19. The molecular weight excluding hydrogens is 405 g/mol. The molecule has 1 amide bonds. The van der Waals surface area contributed by atoms with Crippen LogP contribution in [0.4, 0.5) is 5.69 Å². The van der Waals surface area contributed by atoms with Crippen LogP contribution in [-0.2, 0) is 11.2 Å². The number of hydrogen-bond acceptors (Lipinski definition) is 2. The summed E-state index contributed by atoms with van der Waals surface area (Å²) >= 11 is 12.3. The van der Waals surface area contributed by atoms with E-state index < -0.39 is 0 Å². The molecule has 0 saturated carbocycles. The van der Waals surface area contributed by atoms with Crippen molar-refractivity contribution >= 4 is 40.6 Å². The molecule has 0 spiro atoms. The molecule has 0 aliphatic rings. The van der Waals surface area contributed by atoms with Crippen LogP contribution in [0.25, 0.3) is 0 Å². The van der Waals surface area contributed by atoms with E-state index in [1.165, 1.54) is 5.56 Å². The number of carbonyl (C=O) groups excluding carboxylic acids is 2. The lowest BCUT2D eigenvalue weighted by Crippen LogP contribution is -2.17. The molecule has 29 heavy (non-hydrogen) atoms. The zero-order chi connectivity index (χ0) is 21.0. The van der Waals surface area contributed by atoms with Gasteiger partial charge in [0.15, 0.2) is 5.78 Å². The Morgan fingerprint density at radius 2 is 1.59 bits per heavy atom. The fraction of sp³-hybridized carbons (Fsp3) is 0.167. The van der Waals surface area contributed by atoms with E-state index >= 15 is 0 Å². The van der Waals surface area contributed by atoms with Gasteiger partial charge in [-0.05, 0) is 47.4 Å². The number of rotatable bonds is 6. The summed E-state index contributed by atoms with van der Waals surface area (Å²) in [4.78, 5) is 25.6. The smallest absolute Gasteiger partial charge is 0.228 e. The molecule has 3 aromatic carbocycles. The van der Waals surface area contributed by atoms with Gasteiger partial charge in [0.2, 0.25) is 5.91 Å². The Labute approximate surface area is 180 Å². The third-order valence-corrected chi connectivity index (χ3v) is 5.19. The van der Waals surface area contributed by atoms with Gasteiger partial charge in [0.1, 0.15) is 0 Å². The van der Waals surface area contributed by atoms with E-state index in [-0.39, 0.29) is 18.1 Å². The van der Waals surface area contributed by atoms with Gasteiger partial charge in [-0.15, -0.1) is 0 Å². The number of halogens is 2. The molecule has 0 aliphatic carbocycles. The van der Waals surface area contributed by atoms with Crippen LogP contribution in [0.5, 0.6) is 0 Å². The molecule has 0 unspecified atom stereocenters. The van der Waals surface area contributed by atoms with E-state index in [0.717, 1.165) is 5.56 Å². The van der Waals surface area contributed by atoms with Crippen molar-refractivity contribution in [2.75, 3.05) is 5.32 Å². The second-order valence-electron chi connectivity index (χ2n) is 7.12. The van der Waals surface area contributed by atoms with Gasteiger partial charge in [-0.2, -0.15) is 0 Å². The van der Waals surface area contributed by atoms with Crippen LogP contribution in [0.3, 0.4) is 0 Å². The number of anilines is 1. The van der Waals surface area contributed by atoms with Gasteiger partial charge >= 0.3 is 0 Å². The molecule has 3 nitrogen and oxygen atoms in total. The molecule has 5 heteroatoms. The van der Waals surface area contributed by atoms with Crippen LogP contribution in [0.1, 0.15) is 46.8 Å². The van der Waals surface area contributed by atoms with E-state index in [1.807, 2.05) is 24.3 Å². The van der Waals surface area contributed by atoms with Gasteiger partial charge in [-0.25, -0.2) is 0 Å². The predicted molar refractivity (Wildman–Crippen MR) is 119 cm³/mol. The SMILES string of the molecule is CC(C)c1ccc(CC(=O)Nc2ccc(Cl)cc2C(=O)c2ccccc2Cl)cc1. The molecule has 0 aromatic heterocycles. The van der Waals surface area contributed by atoms with Gasteiger partial charge in [-0.3, -0.25) is 9.59 Å². The average molecular weight is 426 g/mol. The minimum Gasteiger partial charge on any atom is -0.325 e. The van der Waals surface area contributed by atoms with Crippen LogP contribution in [0.15, 0.2) is 66.7 Å². The second kappa shape index (κ2) is 9.25. The lowest BCUT2D eigenvalue weighted by Gasteiger charge is -2.12. The standard InChI is InChI=1S/C24H21Cl2NO2/c1-15(2)17-9-7-16(8-10-17)13-23(28)27-22-12-11-18(25)14-20(22)24(29)19-5-3-4-6-21(19)26/h3-12,14-15H,13H2,1-2H3,(H,27,28). The van der Waals surface area contributed by atoms with Crippen molar-refractivity contribution in [3.05, 3.63) is 99.0 Å². The van der Waals surface area contributed by atoms with Crippen molar-refractivity contribution in [1.82, 2.24) is 0 Å². The zero-order valence-electron chi connectivity index (χ0n) is 16.2. The highest BCUT2D eigenvalue weighted by Gasteiger charge is 2.18. The minimum atomic E-state index is -0.297. The fourth-order valence-electron chi connectivity index (χ4n) is 3.00. The minimum absolute atomic E-state index is 0.209. The molecule has 0 saturated heterocycles. The highest BCUT2D eigenvalue weighted by Crippen LogP contribution is 2.27. The Kier molecular flexibility index (Phi) is 6.73. The van der Waals surface area contributed by atoms with Crippen LogP contribution in [0, 0.1) is 0 Å². The Bertz CT molecular complexity index is 1040. The Morgan fingerprint density at radius 3 is 2.24 bits per heavy atom. The summed E-state index contributed by atoms with van der Waals surface area (Å²) in [6.45, 7) is 4.25. The summed E-state index contributed by atoms with van der Waals surface area (Å²) in [6, 6.07) is 19.6. The molecule has 0 bridgehead atoms. The van der Waals surface area contributed by atoms with Crippen LogP contribution in [0.2, 0.25) is 10.0 Å². The quantitative estimate of drug-likeness (QED) is 0.456. The van der Waals surface area contributed by atoms with Crippen molar-refractivity contribution in [3.63, 3.8) is 0 Å². The second-order valence-corrected chi connectivity index (χ2v) is 7.96. The van der Waals surface area contributed by atoms with Crippen molar-refractivity contribution in [3.8, 4) is 0 Å². The third-order valence-electron chi connectivity index (χ3n) is 4.63. The van der Waals surface area contributed by atoms with Crippen LogP contribution >= 0.6 is 23.2 Å². The first-order chi connectivity index (χ1) is 13.8. The summed E-state index contributed by atoms with van der Waals surface area (Å²) < 4.78 is 0. The fourth-order valence-corrected chi connectivity index (χ4v) is 3.40. The van der Waals surface area contributed by atoms with Crippen molar-refractivity contribution < 1.29 is 9.59 Å². The van der Waals surface area contributed by atoms with E-state index in [0.29, 0.717) is 32.8 Å².